The number of nitrogens with one attached hydrogen (secondary N) is 1. The zero-order chi connectivity index (χ0) is 16.3. The molecule has 0 aromatic heterocycles. The van der Waals surface area contributed by atoms with Crippen LogP contribution in [0.2, 0.25) is 5.02 Å². The fourth-order valence-electron chi connectivity index (χ4n) is 2.66. The number of nitrogens with zero attached hydrogens (tertiary/aromatic N) is 1. The minimum Gasteiger partial charge on any atom is -0.322 e. The number of amides is 2. The Morgan fingerprint density at radius 2 is 2.14 bits per heavy atom. The van der Waals surface area contributed by atoms with E-state index in [1.165, 1.54) is 18.2 Å². The number of halogens is 2. The number of urea groups is 1. The van der Waals surface area contributed by atoms with Gasteiger partial charge in [-0.3, -0.25) is 0 Å². The number of likely N-dealkylation sites (tertiary alicyclic amines) is 1. The number of piperidine rings is 1. The van der Waals surface area contributed by atoms with Crippen LogP contribution in [0.4, 0.5) is 10.5 Å². The second-order valence-electron chi connectivity index (χ2n) is 5.26. The minimum absolute atomic E-state index is 0.0153. The van der Waals surface area contributed by atoms with Crippen LogP contribution in [0, 0.1) is 0 Å². The molecule has 1 saturated heterocycles. The number of hydrogen-bond donors (Lipinski definition) is 1. The zero-order valence-corrected chi connectivity index (χ0v) is 14.5. The maximum Gasteiger partial charge on any atom is 0.322 e. The highest BCUT2D eigenvalue weighted by Gasteiger charge is 2.25. The van der Waals surface area contributed by atoms with Gasteiger partial charge in [-0.1, -0.05) is 18.5 Å². The molecule has 1 aliphatic rings. The third-order valence-corrected chi connectivity index (χ3v) is 5.61. The van der Waals surface area contributed by atoms with Crippen LogP contribution in [-0.2, 0) is 9.05 Å². The monoisotopic (exact) mass is 364 g/mol. The minimum atomic E-state index is -3.89. The summed E-state index contributed by atoms with van der Waals surface area (Å²) in [6.07, 6.45) is 4.05. The quantitative estimate of drug-likeness (QED) is 0.822. The first-order valence-electron chi connectivity index (χ1n) is 7.14. The van der Waals surface area contributed by atoms with E-state index in [0.29, 0.717) is 5.69 Å². The number of benzene rings is 1. The molecule has 0 unspecified atom stereocenters. The largest absolute Gasteiger partial charge is 0.322 e. The lowest BCUT2D eigenvalue weighted by Crippen LogP contribution is -2.45. The van der Waals surface area contributed by atoms with Crippen molar-refractivity contribution in [3.05, 3.63) is 23.2 Å². The molecular weight excluding hydrogens is 347 g/mol. The van der Waals surface area contributed by atoms with Crippen LogP contribution in [0.25, 0.3) is 0 Å². The summed E-state index contributed by atoms with van der Waals surface area (Å²) in [7, 11) is 1.38. The van der Waals surface area contributed by atoms with Crippen LogP contribution >= 0.6 is 22.3 Å². The molecule has 2 rings (SSSR count). The highest BCUT2D eigenvalue weighted by molar-refractivity contribution is 8.13. The van der Waals surface area contributed by atoms with Crippen LogP contribution in [0.3, 0.4) is 0 Å². The molecule has 0 bridgehead atoms. The average molecular weight is 365 g/mol. The number of anilines is 1. The summed E-state index contributed by atoms with van der Waals surface area (Å²) in [5.74, 6) is 0. The number of rotatable bonds is 3. The lowest BCUT2D eigenvalue weighted by atomic mass is 10.0. The molecule has 1 fully saturated rings. The fourth-order valence-corrected chi connectivity index (χ4v) is 4.19. The van der Waals surface area contributed by atoms with Gasteiger partial charge in [0, 0.05) is 29.0 Å². The van der Waals surface area contributed by atoms with Gasteiger partial charge in [0.05, 0.1) is 5.02 Å². The van der Waals surface area contributed by atoms with Gasteiger partial charge in [-0.15, -0.1) is 0 Å². The molecule has 0 spiro atoms. The predicted molar refractivity (Wildman–Crippen MR) is 88.1 cm³/mol. The highest BCUT2D eigenvalue weighted by atomic mass is 35.7. The molecule has 5 nitrogen and oxygen atoms in total. The van der Waals surface area contributed by atoms with Crippen LogP contribution in [0.15, 0.2) is 23.1 Å². The molecule has 0 aliphatic carbocycles. The first kappa shape index (κ1) is 17.4. The molecule has 22 heavy (non-hydrogen) atoms. The Morgan fingerprint density at radius 1 is 1.41 bits per heavy atom. The Labute approximate surface area is 140 Å². The summed E-state index contributed by atoms with van der Waals surface area (Å²) < 4.78 is 22.6. The Kier molecular flexibility index (Phi) is 5.58. The van der Waals surface area contributed by atoms with Gasteiger partial charge in [0.1, 0.15) is 4.90 Å². The van der Waals surface area contributed by atoms with Crippen LogP contribution < -0.4 is 5.32 Å². The molecule has 1 aromatic carbocycles. The van der Waals surface area contributed by atoms with Gasteiger partial charge in [-0.05, 0) is 43.9 Å². The molecule has 1 atom stereocenters. The second-order valence-corrected chi connectivity index (χ2v) is 8.21. The van der Waals surface area contributed by atoms with Crippen molar-refractivity contribution in [1.29, 1.82) is 0 Å². The maximum atomic E-state index is 12.4. The molecular formula is C14H18Cl2N2O3S. The van der Waals surface area contributed by atoms with E-state index in [1.54, 1.807) is 0 Å². The normalized spacial score (nSPS) is 19.0. The number of carbonyl (C=O) groups is 1. The van der Waals surface area contributed by atoms with Gasteiger partial charge >= 0.3 is 6.03 Å². The third-order valence-electron chi connectivity index (χ3n) is 3.81. The van der Waals surface area contributed by atoms with E-state index in [9.17, 15) is 13.2 Å². The van der Waals surface area contributed by atoms with Gasteiger partial charge in [0.15, 0.2) is 0 Å². The van der Waals surface area contributed by atoms with E-state index >= 15 is 0 Å². The van der Waals surface area contributed by atoms with Gasteiger partial charge in [-0.2, -0.15) is 0 Å². The van der Waals surface area contributed by atoms with Crippen molar-refractivity contribution in [2.45, 2.75) is 43.5 Å². The Morgan fingerprint density at radius 3 is 2.73 bits per heavy atom. The van der Waals surface area contributed by atoms with E-state index in [4.69, 9.17) is 22.3 Å². The first-order valence-corrected chi connectivity index (χ1v) is 9.83. The summed E-state index contributed by atoms with van der Waals surface area (Å²) in [5.41, 5.74) is 0.444. The SMILES string of the molecule is CC[C@H]1CCCCN1C(=O)Nc1ccc(S(=O)(=O)Cl)c(Cl)c1. The predicted octanol–water partition coefficient (Wildman–Crippen LogP) is 4.06. The van der Waals surface area contributed by atoms with E-state index in [-0.39, 0.29) is 22.0 Å². The van der Waals surface area contributed by atoms with Crippen LogP contribution in [0.1, 0.15) is 32.6 Å². The maximum absolute atomic E-state index is 12.4. The van der Waals surface area contributed by atoms with Crippen molar-refractivity contribution in [3.63, 3.8) is 0 Å². The number of hydrogen-bond acceptors (Lipinski definition) is 3. The molecule has 1 aliphatic heterocycles. The molecule has 8 heteroatoms. The van der Waals surface area contributed by atoms with E-state index < -0.39 is 9.05 Å². The summed E-state index contributed by atoms with van der Waals surface area (Å²) in [6.45, 7) is 2.79. The van der Waals surface area contributed by atoms with Gasteiger partial charge in [0.25, 0.3) is 9.05 Å². The molecule has 0 radical (unpaired) electrons. The summed E-state index contributed by atoms with van der Waals surface area (Å²) in [6, 6.07) is 4.20. The summed E-state index contributed by atoms with van der Waals surface area (Å²) in [5, 5.41) is 2.74. The molecule has 122 valence electrons. The standard InChI is InChI=1S/C14H18Cl2N2O3S/c1-2-11-5-3-4-8-18(11)14(19)17-10-6-7-13(12(15)9-10)22(16,20)21/h6-7,9,11H,2-5,8H2,1H3,(H,17,19)/t11-/m0/s1. The van der Waals surface area contributed by atoms with E-state index in [2.05, 4.69) is 12.2 Å². The van der Waals surface area contributed by atoms with Crippen molar-refractivity contribution >= 4 is 43.1 Å². The van der Waals surface area contributed by atoms with Gasteiger partial charge < -0.3 is 10.2 Å². The van der Waals surface area contributed by atoms with Gasteiger partial charge in [0.2, 0.25) is 0 Å². The summed E-state index contributed by atoms with van der Waals surface area (Å²) in [4.78, 5) is 14.0. The fraction of sp³-hybridized carbons (Fsp3) is 0.500. The summed E-state index contributed by atoms with van der Waals surface area (Å²) >= 11 is 5.91. The van der Waals surface area contributed by atoms with E-state index in [1.807, 2.05) is 4.90 Å². The lowest BCUT2D eigenvalue weighted by molar-refractivity contribution is 0.160. The smallest absolute Gasteiger partial charge is 0.322 e. The first-order chi connectivity index (χ1) is 10.3. The molecule has 2 amide bonds. The molecule has 1 N–H and O–H groups in total. The Bertz CT molecular complexity index is 664. The average Bonchev–Trinajstić information content (AvgIpc) is 2.45. The molecule has 0 saturated carbocycles. The zero-order valence-electron chi connectivity index (χ0n) is 12.2. The highest BCUT2D eigenvalue weighted by Crippen LogP contribution is 2.28. The Hall–Kier alpha value is -0.980. The van der Waals surface area contributed by atoms with Crippen molar-refractivity contribution in [1.82, 2.24) is 4.90 Å². The van der Waals surface area contributed by atoms with Crippen molar-refractivity contribution < 1.29 is 13.2 Å². The van der Waals surface area contributed by atoms with Crippen molar-refractivity contribution in [2.75, 3.05) is 11.9 Å². The molecule has 1 heterocycles. The third kappa shape index (κ3) is 4.06. The van der Waals surface area contributed by atoms with Crippen LogP contribution in [0.5, 0.6) is 0 Å². The molecule has 1 aromatic rings. The van der Waals surface area contributed by atoms with Crippen molar-refractivity contribution in [2.24, 2.45) is 0 Å². The number of carbonyl (C=O) groups excluding carboxylic acids is 1. The topological polar surface area (TPSA) is 66.5 Å². The van der Waals surface area contributed by atoms with Crippen molar-refractivity contribution in [3.8, 4) is 0 Å². The van der Waals surface area contributed by atoms with E-state index in [0.717, 1.165) is 32.2 Å². The van der Waals surface area contributed by atoms with Crippen LogP contribution in [-0.4, -0.2) is 31.9 Å². The second kappa shape index (κ2) is 7.06. The Balaban J connectivity index is 2.13. The van der Waals surface area contributed by atoms with Gasteiger partial charge in [-0.25, -0.2) is 13.2 Å². The lowest BCUT2D eigenvalue weighted by Gasteiger charge is -2.35.